The topological polar surface area (TPSA) is 0 Å². The first-order valence-corrected chi connectivity index (χ1v) is 6.98. The zero-order valence-corrected chi connectivity index (χ0v) is 10.9. The molecule has 0 aliphatic heterocycles. The van der Waals surface area contributed by atoms with E-state index in [2.05, 4.69) is 27.9 Å². The average molecular weight is 275 g/mol. The van der Waals surface area contributed by atoms with E-state index >= 15 is 0 Å². The number of halogens is 6. The Kier molecular flexibility index (Phi) is 5.37. The van der Waals surface area contributed by atoms with Crippen molar-refractivity contribution in [1.82, 2.24) is 0 Å². The van der Waals surface area contributed by atoms with Crippen molar-refractivity contribution in [3.8, 4) is 0 Å². The van der Waals surface area contributed by atoms with Crippen molar-refractivity contribution in [3.05, 3.63) is 0 Å². The Balaban J connectivity index is 0. The Morgan fingerprint density at radius 3 is 1.06 bits per heavy atom. The van der Waals surface area contributed by atoms with Gasteiger partial charge in [-0.3, -0.25) is 0 Å². The van der Waals surface area contributed by atoms with E-state index < -0.39 is 7.81 Å². The molecule has 0 aliphatic rings. The van der Waals surface area contributed by atoms with Gasteiger partial charge >= 0.3 is 33.0 Å². The molecular weight excluding hydrogens is 255 g/mol. The number of quaternary nitrogens is 1. The normalized spacial score (nSPS) is 16.9. The van der Waals surface area contributed by atoms with Gasteiger partial charge in [0, 0.05) is 0 Å². The Labute approximate surface area is 92.3 Å². The van der Waals surface area contributed by atoms with E-state index in [1.54, 1.807) is 0 Å². The van der Waals surface area contributed by atoms with Gasteiger partial charge in [0.1, 0.15) is 0 Å². The van der Waals surface area contributed by atoms with Crippen molar-refractivity contribution in [3.63, 3.8) is 0 Å². The van der Waals surface area contributed by atoms with Gasteiger partial charge in [-0.25, -0.2) is 0 Å². The monoisotopic (exact) mass is 275 g/mol. The summed E-state index contributed by atoms with van der Waals surface area (Å²) in [5.74, 6) is 0. The van der Waals surface area contributed by atoms with E-state index in [0.717, 1.165) is 0 Å². The maximum atomic E-state index is 9.87. The molecule has 0 aromatic carbocycles. The molecule has 0 spiro atoms. The van der Waals surface area contributed by atoms with Crippen molar-refractivity contribution in [2.45, 2.75) is 26.7 Å². The molecule has 0 atom stereocenters. The first kappa shape index (κ1) is 18.3. The van der Waals surface area contributed by atoms with Crippen LogP contribution < -0.4 is 0 Å². The third-order valence-corrected chi connectivity index (χ3v) is 1.66. The van der Waals surface area contributed by atoms with Crippen LogP contribution in [0.25, 0.3) is 0 Å². The molecule has 0 bridgehead atoms. The third-order valence-electron chi connectivity index (χ3n) is 1.66. The Bertz CT molecular complexity index is 186. The SMILES string of the molecule is CCC[N+](C)(C)CCC.F[P-](F)(F)(F)(F)F. The second-order valence-corrected chi connectivity index (χ2v) is 6.26. The van der Waals surface area contributed by atoms with Crippen LogP contribution in [0.2, 0.25) is 0 Å². The molecule has 0 radical (unpaired) electrons. The predicted molar refractivity (Wildman–Crippen MR) is 56.0 cm³/mol. The maximum absolute atomic E-state index is 10.7. The van der Waals surface area contributed by atoms with Crippen molar-refractivity contribution >= 4 is 7.81 Å². The second kappa shape index (κ2) is 4.69. The number of hydrogen-bond acceptors (Lipinski definition) is 0. The Hall–Kier alpha value is -0.0300. The molecule has 0 aromatic rings. The Morgan fingerprint density at radius 2 is 0.938 bits per heavy atom. The van der Waals surface area contributed by atoms with Crippen LogP contribution in [0.3, 0.4) is 0 Å². The van der Waals surface area contributed by atoms with Gasteiger partial charge in [-0.15, -0.1) is 0 Å². The van der Waals surface area contributed by atoms with Gasteiger partial charge in [-0.2, -0.15) is 0 Å². The second-order valence-electron chi connectivity index (χ2n) is 4.34. The van der Waals surface area contributed by atoms with Crippen LogP contribution in [-0.4, -0.2) is 31.7 Å². The molecule has 104 valence electrons. The van der Waals surface area contributed by atoms with Crippen LogP contribution in [0, 0.1) is 0 Å². The number of nitrogens with zero attached hydrogens (tertiary/aromatic N) is 1. The van der Waals surface area contributed by atoms with E-state index in [1.807, 2.05) is 0 Å². The fraction of sp³-hybridized carbons (Fsp3) is 1.00. The van der Waals surface area contributed by atoms with E-state index in [0.29, 0.717) is 0 Å². The first-order valence-electron chi connectivity index (χ1n) is 4.96. The molecular formula is C8H20F6NP. The van der Waals surface area contributed by atoms with E-state index in [4.69, 9.17) is 0 Å². The van der Waals surface area contributed by atoms with Crippen LogP contribution in [0.5, 0.6) is 0 Å². The quantitative estimate of drug-likeness (QED) is 0.372. The van der Waals surface area contributed by atoms with Gasteiger partial charge in [0.05, 0.1) is 27.2 Å². The summed E-state index contributed by atoms with van der Waals surface area (Å²) in [6, 6.07) is 0. The van der Waals surface area contributed by atoms with Gasteiger partial charge in [-0.1, -0.05) is 13.8 Å². The number of rotatable bonds is 4. The fourth-order valence-electron chi connectivity index (χ4n) is 1.32. The van der Waals surface area contributed by atoms with E-state index in [1.165, 1.54) is 30.4 Å². The molecule has 1 nitrogen and oxygen atoms in total. The minimum absolute atomic E-state index is 1.19. The summed E-state index contributed by atoms with van der Waals surface area (Å²) in [5.41, 5.74) is 0. The molecule has 0 rings (SSSR count). The molecule has 0 N–H and O–H groups in total. The minimum atomic E-state index is -10.7. The summed E-state index contributed by atoms with van der Waals surface area (Å²) in [6.07, 6.45) is 2.60. The standard InChI is InChI=1S/C8H20N.F6P/c1-5-7-9(3,4)8-6-2;1-7(2,3,4,5)6/h5-8H2,1-4H3;/q+1;-1. The van der Waals surface area contributed by atoms with Gasteiger partial charge < -0.3 is 4.48 Å². The average Bonchev–Trinajstić information content (AvgIpc) is 1.77. The van der Waals surface area contributed by atoms with Crippen molar-refractivity contribution in [2.24, 2.45) is 0 Å². The zero-order chi connectivity index (χ0) is 13.7. The van der Waals surface area contributed by atoms with Crippen LogP contribution in [0.4, 0.5) is 25.2 Å². The summed E-state index contributed by atoms with van der Waals surface area (Å²) in [7, 11) is -6.06. The van der Waals surface area contributed by atoms with Crippen LogP contribution in [0.1, 0.15) is 26.7 Å². The molecule has 0 aliphatic carbocycles. The zero-order valence-electron chi connectivity index (χ0n) is 9.99. The van der Waals surface area contributed by atoms with Gasteiger partial charge in [-0.05, 0) is 12.8 Å². The molecule has 8 heteroatoms. The van der Waals surface area contributed by atoms with Crippen LogP contribution in [-0.2, 0) is 0 Å². The van der Waals surface area contributed by atoms with Gasteiger partial charge in [0.25, 0.3) is 0 Å². The van der Waals surface area contributed by atoms with Crippen LogP contribution >= 0.6 is 7.81 Å². The molecule has 0 aromatic heterocycles. The molecule has 0 heterocycles. The summed E-state index contributed by atoms with van der Waals surface area (Å²) >= 11 is 0. The molecule has 0 saturated heterocycles. The van der Waals surface area contributed by atoms with E-state index in [9.17, 15) is 25.2 Å². The fourth-order valence-corrected chi connectivity index (χ4v) is 1.32. The summed E-state index contributed by atoms with van der Waals surface area (Å²) < 4.78 is 60.4. The van der Waals surface area contributed by atoms with Crippen molar-refractivity contribution in [1.29, 1.82) is 0 Å². The van der Waals surface area contributed by atoms with Gasteiger partial charge in [0.2, 0.25) is 0 Å². The van der Waals surface area contributed by atoms with Crippen molar-refractivity contribution in [2.75, 3.05) is 27.2 Å². The van der Waals surface area contributed by atoms with Crippen molar-refractivity contribution < 1.29 is 29.7 Å². The van der Waals surface area contributed by atoms with Crippen LogP contribution in [0.15, 0.2) is 0 Å². The molecule has 0 unspecified atom stereocenters. The Morgan fingerprint density at radius 1 is 0.750 bits per heavy atom. The summed E-state index contributed by atoms with van der Waals surface area (Å²) in [5, 5.41) is 0. The molecule has 0 fully saturated rings. The molecule has 16 heavy (non-hydrogen) atoms. The molecule has 0 amide bonds. The van der Waals surface area contributed by atoms with Gasteiger partial charge in [0.15, 0.2) is 0 Å². The summed E-state index contributed by atoms with van der Waals surface area (Å²) in [6.45, 7) is 7.12. The first-order chi connectivity index (χ1) is 6.57. The van der Waals surface area contributed by atoms with E-state index in [-0.39, 0.29) is 0 Å². The third kappa shape index (κ3) is 37.0. The molecule has 0 saturated carbocycles. The predicted octanol–water partition coefficient (Wildman–Crippen LogP) is 5.27. The number of hydrogen-bond donors (Lipinski definition) is 0. The summed E-state index contributed by atoms with van der Waals surface area (Å²) in [4.78, 5) is 0.